The van der Waals surface area contributed by atoms with Gasteiger partial charge in [-0.25, -0.2) is 4.98 Å². The van der Waals surface area contributed by atoms with E-state index in [0.29, 0.717) is 6.04 Å². The number of aromatic nitrogens is 1. The highest BCUT2D eigenvalue weighted by Gasteiger charge is 2.19. The Morgan fingerprint density at radius 2 is 2.35 bits per heavy atom. The van der Waals surface area contributed by atoms with E-state index < -0.39 is 0 Å². The average Bonchev–Trinajstić information content (AvgIpc) is 3.00. The highest BCUT2D eigenvalue weighted by atomic mass is 32.1. The fourth-order valence-corrected chi connectivity index (χ4v) is 3.16. The number of benzene rings is 1. The first kappa shape index (κ1) is 10.9. The molecule has 0 amide bonds. The van der Waals surface area contributed by atoms with Crippen molar-refractivity contribution in [1.29, 1.82) is 0 Å². The molecule has 0 aliphatic carbocycles. The van der Waals surface area contributed by atoms with Crippen LogP contribution >= 0.6 is 11.3 Å². The summed E-state index contributed by atoms with van der Waals surface area (Å²) in [4.78, 5) is 4.76. The number of rotatable bonds is 2. The Balaban J connectivity index is 1.89. The Hall–Kier alpha value is -1.19. The molecule has 3 heteroatoms. The molecule has 1 saturated heterocycles. The second-order valence-corrected chi connectivity index (χ2v) is 5.45. The third-order valence-corrected chi connectivity index (χ3v) is 4.11. The van der Waals surface area contributed by atoms with E-state index in [1.807, 2.05) is 0 Å². The summed E-state index contributed by atoms with van der Waals surface area (Å²) < 4.78 is 0. The van der Waals surface area contributed by atoms with Crippen molar-refractivity contribution >= 4 is 11.3 Å². The molecule has 17 heavy (non-hydrogen) atoms. The molecule has 1 atom stereocenters. The van der Waals surface area contributed by atoms with E-state index in [0.717, 1.165) is 11.6 Å². The van der Waals surface area contributed by atoms with Crippen molar-refractivity contribution in [3.05, 3.63) is 40.9 Å². The van der Waals surface area contributed by atoms with E-state index >= 15 is 0 Å². The van der Waals surface area contributed by atoms with Crippen LogP contribution < -0.4 is 5.32 Å². The van der Waals surface area contributed by atoms with Crippen molar-refractivity contribution in [2.45, 2.75) is 25.8 Å². The molecule has 2 nitrogen and oxygen atoms in total. The summed E-state index contributed by atoms with van der Waals surface area (Å²) in [5.74, 6) is 0. The molecule has 0 spiro atoms. The molecule has 2 aromatic rings. The quantitative estimate of drug-likeness (QED) is 0.874. The predicted octanol–water partition coefficient (Wildman–Crippen LogP) is 3.54. The maximum absolute atomic E-state index is 4.76. The van der Waals surface area contributed by atoms with Crippen LogP contribution in [0.15, 0.2) is 29.6 Å². The molecule has 1 N–H and O–H groups in total. The Morgan fingerprint density at radius 3 is 3.12 bits per heavy atom. The van der Waals surface area contributed by atoms with E-state index in [4.69, 9.17) is 4.98 Å². The molecule has 1 aromatic heterocycles. The van der Waals surface area contributed by atoms with Crippen molar-refractivity contribution in [3.8, 4) is 10.6 Å². The number of nitrogens with zero attached hydrogens (tertiary/aromatic N) is 1. The monoisotopic (exact) mass is 244 g/mol. The van der Waals surface area contributed by atoms with Gasteiger partial charge in [0, 0.05) is 10.9 Å². The normalized spacial score (nSPS) is 19.7. The highest BCUT2D eigenvalue weighted by Crippen LogP contribution is 2.29. The van der Waals surface area contributed by atoms with Gasteiger partial charge in [-0.1, -0.05) is 23.8 Å². The van der Waals surface area contributed by atoms with Gasteiger partial charge in [-0.05, 0) is 32.4 Å². The Morgan fingerprint density at radius 1 is 1.41 bits per heavy atom. The van der Waals surface area contributed by atoms with Gasteiger partial charge in [0.1, 0.15) is 5.01 Å². The molecule has 1 unspecified atom stereocenters. The van der Waals surface area contributed by atoms with Gasteiger partial charge in [-0.3, -0.25) is 0 Å². The highest BCUT2D eigenvalue weighted by molar-refractivity contribution is 7.13. The molecule has 0 saturated carbocycles. The van der Waals surface area contributed by atoms with E-state index in [2.05, 4.69) is 41.9 Å². The zero-order chi connectivity index (χ0) is 11.7. The number of thiazole rings is 1. The van der Waals surface area contributed by atoms with Crippen LogP contribution in [-0.4, -0.2) is 11.5 Å². The van der Waals surface area contributed by atoms with E-state index in [-0.39, 0.29) is 0 Å². The van der Waals surface area contributed by atoms with Crippen LogP contribution in [-0.2, 0) is 0 Å². The van der Waals surface area contributed by atoms with Gasteiger partial charge in [-0.2, -0.15) is 0 Å². The van der Waals surface area contributed by atoms with Crippen molar-refractivity contribution < 1.29 is 0 Å². The molecule has 1 fully saturated rings. The summed E-state index contributed by atoms with van der Waals surface area (Å²) >= 11 is 1.75. The molecule has 1 aliphatic heterocycles. The summed E-state index contributed by atoms with van der Waals surface area (Å²) in [6.45, 7) is 3.25. The average molecular weight is 244 g/mol. The summed E-state index contributed by atoms with van der Waals surface area (Å²) in [7, 11) is 0. The molecule has 2 heterocycles. The van der Waals surface area contributed by atoms with Gasteiger partial charge in [0.2, 0.25) is 0 Å². The van der Waals surface area contributed by atoms with Crippen LogP contribution in [0.5, 0.6) is 0 Å². The lowest BCUT2D eigenvalue weighted by molar-refractivity contribution is 0.632. The number of nitrogens with one attached hydrogen (secondary N) is 1. The van der Waals surface area contributed by atoms with Crippen LogP contribution in [0.4, 0.5) is 0 Å². The Labute approximate surface area is 106 Å². The largest absolute Gasteiger partial charge is 0.309 e. The maximum atomic E-state index is 4.76. The van der Waals surface area contributed by atoms with Gasteiger partial charge in [0.15, 0.2) is 0 Å². The van der Waals surface area contributed by atoms with Crippen molar-refractivity contribution in [3.63, 3.8) is 0 Å². The minimum Gasteiger partial charge on any atom is -0.309 e. The molecule has 88 valence electrons. The molecular formula is C14H16N2S. The minimum atomic E-state index is 0.477. The standard InChI is InChI=1S/C14H16N2S/c1-10-4-2-5-11(8-10)14-16-13(9-17-14)12-6-3-7-15-12/h2,4-5,8-9,12,15H,3,6-7H2,1H3. The van der Waals surface area contributed by atoms with E-state index in [1.54, 1.807) is 11.3 Å². The van der Waals surface area contributed by atoms with Crippen molar-refractivity contribution in [2.75, 3.05) is 6.54 Å². The molecule has 1 aromatic carbocycles. The number of hydrogen-bond acceptors (Lipinski definition) is 3. The predicted molar refractivity (Wildman–Crippen MR) is 72.3 cm³/mol. The first-order valence-corrected chi connectivity index (χ1v) is 6.97. The maximum Gasteiger partial charge on any atom is 0.123 e. The topological polar surface area (TPSA) is 24.9 Å². The molecule has 1 aliphatic rings. The molecule has 0 radical (unpaired) electrons. The molecular weight excluding hydrogens is 228 g/mol. The van der Waals surface area contributed by atoms with Crippen LogP contribution in [0.2, 0.25) is 0 Å². The first-order valence-electron chi connectivity index (χ1n) is 6.09. The Kier molecular flexibility index (Phi) is 2.95. The second kappa shape index (κ2) is 4.59. The lowest BCUT2D eigenvalue weighted by Crippen LogP contribution is -2.12. The third kappa shape index (κ3) is 2.26. The number of hydrogen-bond donors (Lipinski definition) is 1. The van der Waals surface area contributed by atoms with Crippen molar-refractivity contribution in [2.24, 2.45) is 0 Å². The van der Waals surface area contributed by atoms with Crippen LogP contribution in [0.1, 0.15) is 30.1 Å². The number of aryl methyl sites for hydroxylation is 1. The molecule has 3 rings (SSSR count). The zero-order valence-electron chi connectivity index (χ0n) is 9.94. The van der Waals surface area contributed by atoms with Gasteiger partial charge in [-0.15, -0.1) is 11.3 Å². The summed E-state index contributed by atoms with van der Waals surface area (Å²) in [6, 6.07) is 9.03. The van der Waals surface area contributed by atoms with Gasteiger partial charge in [0.05, 0.1) is 11.7 Å². The van der Waals surface area contributed by atoms with Gasteiger partial charge >= 0.3 is 0 Å². The van der Waals surface area contributed by atoms with E-state index in [1.165, 1.54) is 29.7 Å². The molecule has 0 bridgehead atoms. The lowest BCUT2D eigenvalue weighted by atomic mass is 10.1. The Bertz CT molecular complexity index is 512. The smallest absolute Gasteiger partial charge is 0.123 e. The van der Waals surface area contributed by atoms with Crippen molar-refractivity contribution in [1.82, 2.24) is 10.3 Å². The second-order valence-electron chi connectivity index (χ2n) is 4.60. The SMILES string of the molecule is Cc1cccc(-c2nc(C3CCCN3)cs2)c1. The summed E-state index contributed by atoms with van der Waals surface area (Å²) in [6.07, 6.45) is 2.49. The summed E-state index contributed by atoms with van der Waals surface area (Å²) in [5.41, 5.74) is 3.74. The zero-order valence-corrected chi connectivity index (χ0v) is 10.8. The van der Waals surface area contributed by atoms with E-state index in [9.17, 15) is 0 Å². The van der Waals surface area contributed by atoms with Crippen LogP contribution in [0.3, 0.4) is 0 Å². The first-order chi connectivity index (χ1) is 8.33. The van der Waals surface area contributed by atoms with Crippen LogP contribution in [0, 0.1) is 6.92 Å². The summed E-state index contributed by atoms with van der Waals surface area (Å²) in [5, 5.41) is 6.82. The fourth-order valence-electron chi connectivity index (χ4n) is 2.29. The minimum absolute atomic E-state index is 0.477. The lowest BCUT2D eigenvalue weighted by Gasteiger charge is -2.05. The fraction of sp³-hybridized carbons (Fsp3) is 0.357. The van der Waals surface area contributed by atoms with Gasteiger partial charge in [0.25, 0.3) is 0 Å². The third-order valence-electron chi connectivity index (χ3n) is 3.20. The van der Waals surface area contributed by atoms with Crippen LogP contribution in [0.25, 0.3) is 10.6 Å². The van der Waals surface area contributed by atoms with Gasteiger partial charge < -0.3 is 5.32 Å².